The van der Waals surface area contributed by atoms with Gasteiger partial charge in [0, 0.05) is 92.4 Å². The second-order valence-corrected chi connectivity index (χ2v) is 14.4. The van der Waals surface area contributed by atoms with Crippen LogP contribution in [0.1, 0.15) is 51.8 Å². The first kappa shape index (κ1) is 36.5. The zero-order chi connectivity index (χ0) is 36.9. The van der Waals surface area contributed by atoms with E-state index in [9.17, 15) is 15.5 Å². The average Bonchev–Trinajstić information content (AvgIpc) is 3.78. The van der Waals surface area contributed by atoms with Gasteiger partial charge in [0.15, 0.2) is 5.82 Å². The van der Waals surface area contributed by atoms with Crippen LogP contribution in [0.3, 0.4) is 0 Å². The molecule has 2 N–H and O–H groups in total. The highest BCUT2D eigenvalue weighted by atomic mass is 35.5. The largest absolute Gasteiger partial charge is 0.488 e. The molecule has 0 spiro atoms. The van der Waals surface area contributed by atoms with Gasteiger partial charge in [0.25, 0.3) is 0 Å². The summed E-state index contributed by atoms with van der Waals surface area (Å²) in [6, 6.07) is 20.0. The number of halogens is 1. The molecular weight excluding hydrogens is 688 g/mol. The summed E-state index contributed by atoms with van der Waals surface area (Å²) in [6.45, 7) is 8.96. The van der Waals surface area contributed by atoms with Crippen LogP contribution in [-0.2, 0) is 26.3 Å². The summed E-state index contributed by atoms with van der Waals surface area (Å²) in [4.78, 5) is 18.0. The number of hydrogen-bond acceptors (Lipinski definition) is 10. The maximum atomic E-state index is 10.1. The molecule has 2 aliphatic heterocycles. The molecular formula is C42H43ClN6O4. The number of likely N-dealkylation sites (tertiary alicyclic amines) is 2. The number of aliphatic hydroxyl groups is 2. The van der Waals surface area contributed by atoms with E-state index < -0.39 is 0 Å². The van der Waals surface area contributed by atoms with Crippen molar-refractivity contribution in [1.82, 2.24) is 24.8 Å². The van der Waals surface area contributed by atoms with Crippen molar-refractivity contribution in [3.8, 4) is 40.1 Å². The number of nitrogens with zero attached hydrogens (tertiary/aromatic N) is 6. The van der Waals surface area contributed by atoms with Crippen molar-refractivity contribution in [2.45, 2.75) is 65.2 Å². The summed E-state index contributed by atoms with van der Waals surface area (Å²) in [5.41, 5.74) is 9.54. The number of aromatic nitrogens is 3. The number of hydrogen-bond donors (Lipinski definition) is 2. The van der Waals surface area contributed by atoms with Gasteiger partial charge in [0.2, 0.25) is 0 Å². The van der Waals surface area contributed by atoms with E-state index in [1.807, 2.05) is 36.7 Å². The molecule has 0 bridgehead atoms. The van der Waals surface area contributed by atoms with Crippen molar-refractivity contribution in [1.29, 1.82) is 5.26 Å². The van der Waals surface area contributed by atoms with Crippen molar-refractivity contribution in [3.63, 3.8) is 0 Å². The van der Waals surface area contributed by atoms with Crippen LogP contribution in [0.25, 0.3) is 22.5 Å². The molecule has 2 aliphatic rings. The summed E-state index contributed by atoms with van der Waals surface area (Å²) in [5.74, 6) is 1.80. The van der Waals surface area contributed by atoms with Crippen LogP contribution in [0, 0.1) is 25.2 Å². The van der Waals surface area contributed by atoms with Crippen molar-refractivity contribution in [2.24, 2.45) is 0 Å². The molecule has 0 aliphatic carbocycles. The molecule has 53 heavy (non-hydrogen) atoms. The lowest BCUT2D eigenvalue weighted by molar-refractivity contribution is 0.174. The maximum Gasteiger partial charge on any atom is 0.159 e. The number of aliphatic hydroxyl groups excluding tert-OH is 2. The second-order valence-electron chi connectivity index (χ2n) is 14.0. The molecule has 272 valence electrons. The van der Waals surface area contributed by atoms with E-state index in [4.69, 9.17) is 31.0 Å². The summed E-state index contributed by atoms with van der Waals surface area (Å²) in [7, 11) is 0. The Morgan fingerprint density at radius 2 is 1.42 bits per heavy atom. The van der Waals surface area contributed by atoms with Gasteiger partial charge in [-0.2, -0.15) is 5.26 Å². The molecule has 0 amide bonds. The number of β-amino-alcohol motifs (C(OH)–C–C–N with tert-alkyl or cyclic N) is 2. The molecule has 11 heteroatoms. The number of ether oxygens (including phenoxy) is 2. The van der Waals surface area contributed by atoms with Crippen molar-refractivity contribution in [3.05, 3.63) is 123 Å². The van der Waals surface area contributed by atoms with Crippen molar-refractivity contribution < 1.29 is 19.7 Å². The molecule has 0 unspecified atom stereocenters. The van der Waals surface area contributed by atoms with Gasteiger partial charge in [-0.15, -0.1) is 0 Å². The summed E-state index contributed by atoms with van der Waals surface area (Å²) < 4.78 is 12.7. The molecule has 7 rings (SSSR count). The Labute approximate surface area is 315 Å². The highest BCUT2D eigenvalue weighted by molar-refractivity contribution is 6.32. The van der Waals surface area contributed by atoms with Gasteiger partial charge in [-0.3, -0.25) is 14.8 Å². The van der Waals surface area contributed by atoms with Gasteiger partial charge < -0.3 is 19.7 Å². The van der Waals surface area contributed by atoms with Crippen molar-refractivity contribution in [2.75, 3.05) is 26.2 Å². The van der Waals surface area contributed by atoms with Crippen molar-refractivity contribution >= 4 is 11.6 Å². The third-order valence-corrected chi connectivity index (χ3v) is 10.4. The highest BCUT2D eigenvalue weighted by Gasteiger charge is 2.23. The molecule has 2 aromatic heterocycles. The monoisotopic (exact) mass is 730 g/mol. The SMILES string of the molecule is Cc1c(COc2cc(OCc3cncc(C#N)c3)c(CN3CC[C@@H](O)C3)cc2Cl)cccc1-c1cccc(-c2ncc(CN3CC[C@@H](O)C3)cn2)c1C. The molecule has 0 saturated carbocycles. The van der Waals surface area contributed by atoms with Crippen LogP contribution < -0.4 is 9.47 Å². The lowest BCUT2D eigenvalue weighted by Crippen LogP contribution is -2.22. The van der Waals surface area contributed by atoms with Gasteiger partial charge in [-0.1, -0.05) is 48.0 Å². The number of benzene rings is 3. The Morgan fingerprint density at radius 3 is 2.11 bits per heavy atom. The third kappa shape index (κ3) is 8.68. The van der Waals surface area contributed by atoms with Crippen LogP contribution in [0.2, 0.25) is 5.02 Å². The molecule has 3 aromatic carbocycles. The standard InChI is InChI=1S/C42H43ClN6O4/c1-27-32(5-3-6-36(27)37-7-4-8-38(28(37)2)42-46-19-31(20-47-42)21-48-11-9-34(50)23-48)26-53-41-15-40(52-25-30-13-29(16-44)17-45-18-30)33(14-39(41)43)22-49-12-10-35(51)24-49/h3-8,13-15,17-20,34-35,50-51H,9-12,21-26H2,1-2H3/t34-,35-/m1/s1. The smallest absolute Gasteiger partial charge is 0.159 e. The lowest BCUT2D eigenvalue weighted by atomic mass is 9.91. The minimum absolute atomic E-state index is 0.220. The third-order valence-electron chi connectivity index (χ3n) is 10.1. The minimum atomic E-state index is -0.343. The Balaban J connectivity index is 1.09. The van der Waals surface area contributed by atoms with Gasteiger partial charge in [-0.05, 0) is 66.6 Å². The van der Waals surface area contributed by atoms with Crippen LogP contribution >= 0.6 is 11.6 Å². The Bertz CT molecular complexity index is 2120. The van der Waals surface area contributed by atoms with Crippen LogP contribution in [0.5, 0.6) is 11.5 Å². The fraction of sp³-hybridized carbons (Fsp3) is 0.333. The predicted octanol–water partition coefficient (Wildman–Crippen LogP) is 6.64. The first-order chi connectivity index (χ1) is 25.7. The summed E-state index contributed by atoms with van der Waals surface area (Å²) in [5, 5.41) is 29.8. The first-order valence-electron chi connectivity index (χ1n) is 18.0. The molecule has 2 fully saturated rings. The topological polar surface area (TPSA) is 128 Å². The van der Waals surface area contributed by atoms with E-state index in [0.29, 0.717) is 54.2 Å². The Morgan fingerprint density at radius 1 is 0.755 bits per heavy atom. The first-order valence-corrected chi connectivity index (χ1v) is 18.3. The molecule has 2 saturated heterocycles. The molecule has 5 aromatic rings. The number of rotatable bonds is 12. The second kappa shape index (κ2) is 16.4. The zero-order valence-electron chi connectivity index (χ0n) is 30.0. The van der Waals surface area contributed by atoms with E-state index in [1.54, 1.807) is 12.3 Å². The number of nitriles is 1. The molecule has 10 nitrogen and oxygen atoms in total. The molecule has 0 radical (unpaired) electrons. The quantitative estimate of drug-likeness (QED) is 0.144. The Kier molecular flexibility index (Phi) is 11.3. The number of pyridine rings is 1. The van der Waals surface area contributed by atoms with Gasteiger partial charge in [-0.25, -0.2) is 9.97 Å². The zero-order valence-corrected chi connectivity index (χ0v) is 30.8. The van der Waals surface area contributed by atoms with Gasteiger partial charge >= 0.3 is 0 Å². The van der Waals surface area contributed by atoms with E-state index >= 15 is 0 Å². The normalized spacial score (nSPS) is 17.6. The summed E-state index contributed by atoms with van der Waals surface area (Å²) >= 11 is 6.84. The van der Waals surface area contributed by atoms with Crippen LogP contribution in [0.15, 0.2) is 79.4 Å². The van der Waals surface area contributed by atoms with Gasteiger partial charge in [0.1, 0.15) is 30.8 Å². The van der Waals surface area contributed by atoms with E-state index in [1.165, 1.54) is 6.20 Å². The van der Waals surface area contributed by atoms with Crippen LogP contribution in [0.4, 0.5) is 0 Å². The maximum absolute atomic E-state index is 10.1. The average molecular weight is 731 g/mol. The molecule has 2 atom stereocenters. The highest BCUT2D eigenvalue weighted by Crippen LogP contribution is 2.37. The minimum Gasteiger partial charge on any atom is -0.488 e. The van der Waals surface area contributed by atoms with E-state index in [-0.39, 0.29) is 18.8 Å². The lowest BCUT2D eigenvalue weighted by Gasteiger charge is -2.20. The van der Waals surface area contributed by atoms with Gasteiger partial charge in [0.05, 0.1) is 22.8 Å². The van der Waals surface area contributed by atoms with Crippen LogP contribution in [-0.4, -0.2) is 73.4 Å². The molecule has 4 heterocycles. The van der Waals surface area contributed by atoms with E-state index in [2.05, 4.69) is 59.0 Å². The fourth-order valence-corrected chi connectivity index (χ4v) is 7.42. The van der Waals surface area contributed by atoms with E-state index in [0.717, 1.165) is 82.5 Å². The summed E-state index contributed by atoms with van der Waals surface area (Å²) in [6.07, 6.45) is 7.92. The predicted molar refractivity (Wildman–Crippen MR) is 203 cm³/mol. The fourth-order valence-electron chi connectivity index (χ4n) is 7.18. The Hall–Kier alpha value is -4.89.